The number of benzene rings is 1. The Kier molecular flexibility index (Phi) is 5.60. The Morgan fingerprint density at radius 1 is 1.06 bits per heavy atom. The van der Waals surface area contributed by atoms with Crippen LogP contribution in [0.2, 0.25) is 0 Å². The summed E-state index contributed by atoms with van der Waals surface area (Å²) in [7, 11) is 0. The number of hydrogen-bond donors (Lipinski definition) is 1. The van der Waals surface area contributed by atoms with Gasteiger partial charge in [-0.15, -0.1) is 0 Å². The van der Waals surface area contributed by atoms with E-state index < -0.39 is 0 Å². The van der Waals surface area contributed by atoms with Crippen molar-refractivity contribution in [2.45, 2.75) is 71.8 Å². The molecule has 0 heterocycles. The van der Waals surface area contributed by atoms with Crippen molar-refractivity contribution in [1.29, 1.82) is 0 Å². The molecule has 1 aromatic carbocycles. The molecule has 7 atom stereocenters. The van der Waals surface area contributed by atoms with Gasteiger partial charge in [-0.1, -0.05) is 62.3 Å². The van der Waals surface area contributed by atoms with Gasteiger partial charge in [-0.05, 0) is 79.2 Å². The number of carbonyl (C=O) groups excluding carboxylic acids is 1. The second-order valence-electron chi connectivity index (χ2n) is 11.3. The lowest BCUT2D eigenvalue weighted by Gasteiger charge is -2.58. The highest BCUT2D eigenvalue weighted by Gasteiger charge is 2.57. The van der Waals surface area contributed by atoms with Gasteiger partial charge in [0.25, 0.3) is 0 Å². The number of fused-ring (bicyclic) bond motifs is 5. The van der Waals surface area contributed by atoms with Crippen LogP contribution < -0.4 is 0 Å². The van der Waals surface area contributed by atoms with Gasteiger partial charge >= 0.3 is 5.97 Å². The smallest absolute Gasteiger partial charge is 0.338 e. The third kappa shape index (κ3) is 3.39. The van der Waals surface area contributed by atoms with Crippen molar-refractivity contribution in [3.8, 4) is 0 Å². The van der Waals surface area contributed by atoms with Crippen molar-refractivity contribution in [1.82, 2.24) is 0 Å². The monoisotopic (exact) mass is 434 g/mol. The van der Waals surface area contributed by atoms with Gasteiger partial charge in [0, 0.05) is 18.9 Å². The van der Waals surface area contributed by atoms with Gasteiger partial charge in [-0.3, -0.25) is 0 Å². The number of allylic oxidation sites excluding steroid dienone is 2. The molecule has 0 bridgehead atoms. The van der Waals surface area contributed by atoms with E-state index in [2.05, 4.69) is 32.9 Å². The molecule has 0 amide bonds. The van der Waals surface area contributed by atoms with E-state index in [-0.39, 0.29) is 35.4 Å². The fraction of sp³-hybridized carbons (Fsp3) is 0.621. The van der Waals surface area contributed by atoms with E-state index in [0.29, 0.717) is 11.5 Å². The molecule has 2 saturated carbocycles. The molecule has 3 nitrogen and oxygen atoms in total. The highest BCUT2D eigenvalue weighted by atomic mass is 16.5. The summed E-state index contributed by atoms with van der Waals surface area (Å²) in [6.07, 6.45) is 12.8. The van der Waals surface area contributed by atoms with Crippen molar-refractivity contribution < 1.29 is 14.6 Å². The number of esters is 1. The van der Waals surface area contributed by atoms with Gasteiger partial charge in [0.1, 0.15) is 6.10 Å². The molecule has 32 heavy (non-hydrogen) atoms. The average molecular weight is 435 g/mol. The van der Waals surface area contributed by atoms with Gasteiger partial charge in [0.15, 0.2) is 0 Å². The van der Waals surface area contributed by atoms with E-state index in [1.165, 1.54) is 30.4 Å². The first-order valence-electron chi connectivity index (χ1n) is 12.6. The van der Waals surface area contributed by atoms with Crippen LogP contribution in [-0.4, -0.2) is 23.8 Å². The first kappa shape index (κ1) is 21.9. The first-order valence-corrected chi connectivity index (χ1v) is 12.6. The van der Waals surface area contributed by atoms with Crippen molar-refractivity contribution in [3.63, 3.8) is 0 Å². The molecule has 3 heteroatoms. The van der Waals surface area contributed by atoms with Crippen molar-refractivity contribution in [3.05, 3.63) is 59.2 Å². The fourth-order valence-corrected chi connectivity index (χ4v) is 7.98. The zero-order chi connectivity index (χ0) is 22.5. The van der Waals surface area contributed by atoms with Crippen LogP contribution in [0.4, 0.5) is 0 Å². The number of carbonyl (C=O) groups is 1. The Morgan fingerprint density at radius 3 is 2.56 bits per heavy atom. The third-order valence-corrected chi connectivity index (χ3v) is 9.79. The Balaban J connectivity index is 1.32. The van der Waals surface area contributed by atoms with Crippen molar-refractivity contribution in [2.75, 3.05) is 6.61 Å². The molecular formula is C29H38O3. The maximum Gasteiger partial charge on any atom is 0.338 e. The van der Waals surface area contributed by atoms with Crippen LogP contribution in [0.25, 0.3) is 0 Å². The molecule has 0 radical (unpaired) electrons. The van der Waals surface area contributed by atoms with Crippen LogP contribution in [0.5, 0.6) is 0 Å². The summed E-state index contributed by atoms with van der Waals surface area (Å²) in [4.78, 5) is 12.6. The minimum absolute atomic E-state index is 0.00223. The molecule has 0 aromatic heterocycles. The van der Waals surface area contributed by atoms with Crippen molar-refractivity contribution in [2.24, 2.45) is 34.5 Å². The standard InChI is InChI=1S/C29H38O3/c1-19(18-30)24-11-12-25-23-10-9-21-17-22(32-27(31)20-7-5-4-6-8-20)13-15-28(21,2)26(23)14-16-29(24,25)3/h4-9,11,19,22-23,25-26,30H,10,12-18H2,1-3H3/t19-,22+,23-,25+,26+,28-,29-/m1/s1. The van der Waals surface area contributed by atoms with Gasteiger partial charge in [0.2, 0.25) is 0 Å². The van der Waals surface area contributed by atoms with Gasteiger partial charge in [0.05, 0.1) is 5.56 Å². The van der Waals surface area contributed by atoms with Crippen LogP contribution in [-0.2, 0) is 4.74 Å². The molecule has 0 aliphatic heterocycles. The molecule has 1 N–H and O–H groups in total. The summed E-state index contributed by atoms with van der Waals surface area (Å²) >= 11 is 0. The van der Waals surface area contributed by atoms with E-state index in [4.69, 9.17) is 4.74 Å². The number of ether oxygens (including phenoxy) is 1. The molecule has 172 valence electrons. The van der Waals surface area contributed by atoms with E-state index in [1.54, 1.807) is 0 Å². The minimum atomic E-state index is -0.190. The number of aliphatic hydroxyl groups excluding tert-OH is 1. The molecule has 5 rings (SSSR count). The van der Waals surface area contributed by atoms with Crippen LogP contribution in [0.15, 0.2) is 53.6 Å². The first-order chi connectivity index (χ1) is 15.4. The summed E-state index contributed by atoms with van der Waals surface area (Å²) in [6, 6.07) is 9.37. The van der Waals surface area contributed by atoms with Crippen molar-refractivity contribution >= 4 is 5.97 Å². The highest BCUT2D eigenvalue weighted by Crippen LogP contribution is 2.65. The molecule has 4 aliphatic carbocycles. The Labute approximate surface area is 192 Å². The quantitative estimate of drug-likeness (QED) is 0.444. The average Bonchev–Trinajstić information content (AvgIpc) is 3.16. The fourth-order valence-electron chi connectivity index (χ4n) is 7.98. The normalized spacial score (nSPS) is 39.1. The topological polar surface area (TPSA) is 46.5 Å². The Hall–Kier alpha value is -1.87. The highest BCUT2D eigenvalue weighted by molar-refractivity contribution is 5.89. The Morgan fingerprint density at radius 2 is 1.81 bits per heavy atom. The largest absolute Gasteiger partial charge is 0.458 e. The van der Waals surface area contributed by atoms with Crippen LogP contribution in [0.3, 0.4) is 0 Å². The lowest BCUT2D eigenvalue weighted by Crippen LogP contribution is -2.50. The van der Waals surface area contributed by atoms with Crippen LogP contribution in [0, 0.1) is 34.5 Å². The lowest BCUT2D eigenvalue weighted by molar-refractivity contribution is -0.0374. The summed E-state index contributed by atoms with van der Waals surface area (Å²) in [5.74, 6) is 2.24. The van der Waals surface area contributed by atoms with E-state index in [1.807, 2.05) is 30.3 Å². The molecule has 4 aliphatic rings. The molecule has 0 spiro atoms. The number of aliphatic hydroxyl groups is 1. The van der Waals surface area contributed by atoms with E-state index in [0.717, 1.165) is 37.5 Å². The van der Waals surface area contributed by atoms with Crippen LogP contribution >= 0.6 is 0 Å². The summed E-state index contributed by atoms with van der Waals surface area (Å²) in [5.41, 5.74) is 4.19. The number of rotatable bonds is 4. The summed E-state index contributed by atoms with van der Waals surface area (Å²) in [5, 5.41) is 9.80. The molecule has 1 aromatic rings. The maximum atomic E-state index is 12.6. The second-order valence-corrected chi connectivity index (χ2v) is 11.3. The van der Waals surface area contributed by atoms with E-state index in [9.17, 15) is 9.90 Å². The summed E-state index contributed by atoms with van der Waals surface area (Å²) in [6.45, 7) is 7.41. The SMILES string of the molecule is C[C@H](CO)C1=CC[C@H]2[C@H]3CC=C4C[C@@H](OC(=O)c5ccccc5)CC[C@@]4(C)[C@H]3CC[C@]12C. The Bertz CT molecular complexity index is 931. The number of hydrogen-bond acceptors (Lipinski definition) is 3. The molecule has 0 unspecified atom stereocenters. The zero-order valence-electron chi connectivity index (χ0n) is 19.8. The lowest BCUT2D eigenvalue weighted by atomic mass is 9.47. The molecular weight excluding hydrogens is 396 g/mol. The predicted octanol–water partition coefficient (Wildman–Crippen LogP) is 6.34. The predicted molar refractivity (Wildman–Crippen MR) is 127 cm³/mol. The van der Waals surface area contributed by atoms with E-state index >= 15 is 0 Å². The van der Waals surface area contributed by atoms with Gasteiger partial charge in [-0.2, -0.15) is 0 Å². The maximum absolute atomic E-state index is 12.6. The minimum Gasteiger partial charge on any atom is -0.458 e. The zero-order valence-corrected chi connectivity index (χ0v) is 19.8. The summed E-state index contributed by atoms with van der Waals surface area (Å²) < 4.78 is 5.93. The molecule has 2 fully saturated rings. The van der Waals surface area contributed by atoms with Gasteiger partial charge < -0.3 is 9.84 Å². The third-order valence-electron chi connectivity index (χ3n) is 9.79. The second kappa shape index (κ2) is 8.17. The van der Waals surface area contributed by atoms with Crippen LogP contribution in [0.1, 0.15) is 76.1 Å². The van der Waals surface area contributed by atoms with Gasteiger partial charge in [-0.25, -0.2) is 4.79 Å². The molecule has 0 saturated heterocycles.